The second-order valence-corrected chi connectivity index (χ2v) is 10.5. The lowest BCUT2D eigenvalue weighted by atomic mass is 10.1. The van der Waals surface area contributed by atoms with E-state index in [1.165, 1.54) is 50.7 Å². The SMILES string of the molecule is CCCCCCSCCCN1C(=O)/C(=C\O)C(=O)[N+]12CCC2SCCCCCC. The van der Waals surface area contributed by atoms with Gasteiger partial charge in [-0.1, -0.05) is 64.1 Å². The van der Waals surface area contributed by atoms with Gasteiger partial charge in [0.2, 0.25) is 0 Å². The molecule has 2 amide bonds. The van der Waals surface area contributed by atoms with Crippen LogP contribution in [0, 0.1) is 0 Å². The summed E-state index contributed by atoms with van der Waals surface area (Å²) in [5, 5.41) is 11.4. The predicted molar refractivity (Wildman–Crippen MR) is 124 cm³/mol. The van der Waals surface area contributed by atoms with Crippen molar-refractivity contribution in [1.29, 1.82) is 0 Å². The van der Waals surface area contributed by atoms with Crippen molar-refractivity contribution < 1.29 is 19.3 Å². The Morgan fingerprint density at radius 1 is 1.00 bits per heavy atom. The molecule has 2 heterocycles. The third-order valence-corrected chi connectivity index (χ3v) is 8.56. The van der Waals surface area contributed by atoms with E-state index in [0.29, 0.717) is 13.1 Å². The van der Waals surface area contributed by atoms with Crippen molar-refractivity contribution in [2.45, 2.75) is 83.4 Å². The second kappa shape index (κ2) is 12.9. The molecule has 2 unspecified atom stereocenters. The maximum absolute atomic E-state index is 13.0. The summed E-state index contributed by atoms with van der Waals surface area (Å²) in [7, 11) is 0. The second-order valence-electron chi connectivity index (χ2n) is 8.03. The molecule has 2 fully saturated rings. The number of quaternary nitrogens is 1. The summed E-state index contributed by atoms with van der Waals surface area (Å²) in [6, 6.07) is 0. The van der Waals surface area contributed by atoms with E-state index in [0.717, 1.165) is 37.0 Å². The van der Waals surface area contributed by atoms with Crippen molar-refractivity contribution in [2.24, 2.45) is 0 Å². The average molecular weight is 444 g/mol. The summed E-state index contributed by atoms with van der Waals surface area (Å²) in [6.07, 6.45) is 12.6. The Bertz CT molecular complexity index is 570. The van der Waals surface area contributed by atoms with Crippen molar-refractivity contribution in [3.05, 3.63) is 11.8 Å². The number of carbonyl (C=O) groups excluding carboxylic acids is 2. The summed E-state index contributed by atoms with van der Waals surface area (Å²) in [5.74, 6) is 2.72. The van der Waals surface area contributed by atoms with Crippen LogP contribution in [-0.2, 0) is 9.59 Å². The molecule has 0 radical (unpaired) electrons. The first-order chi connectivity index (χ1) is 14.1. The average Bonchev–Trinajstić information content (AvgIpc) is 2.93. The van der Waals surface area contributed by atoms with Gasteiger partial charge in [0.1, 0.15) is 12.8 Å². The van der Waals surface area contributed by atoms with E-state index in [-0.39, 0.29) is 27.4 Å². The Kier molecular flexibility index (Phi) is 10.9. The third-order valence-electron chi connectivity index (χ3n) is 5.91. The van der Waals surface area contributed by atoms with Crippen LogP contribution in [-0.4, -0.2) is 62.2 Å². The molecular weight excluding hydrogens is 404 g/mol. The van der Waals surface area contributed by atoms with Gasteiger partial charge in [-0.15, -0.1) is 4.59 Å². The van der Waals surface area contributed by atoms with Gasteiger partial charge in [-0.25, -0.2) is 4.79 Å². The normalized spacial score (nSPS) is 25.4. The van der Waals surface area contributed by atoms with Gasteiger partial charge in [-0.2, -0.15) is 16.8 Å². The summed E-state index contributed by atoms with van der Waals surface area (Å²) in [5.41, 5.74) is -0.0338. The van der Waals surface area contributed by atoms with Crippen LogP contribution in [0.15, 0.2) is 11.8 Å². The Morgan fingerprint density at radius 3 is 2.24 bits per heavy atom. The maximum Gasteiger partial charge on any atom is 0.380 e. The lowest BCUT2D eigenvalue weighted by molar-refractivity contribution is -0.992. The monoisotopic (exact) mass is 443 g/mol. The fourth-order valence-electron chi connectivity index (χ4n) is 4.09. The van der Waals surface area contributed by atoms with Gasteiger partial charge < -0.3 is 5.11 Å². The van der Waals surface area contributed by atoms with Crippen LogP contribution in [0.3, 0.4) is 0 Å². The van der Waals surface area contributed by atoms with E-state index < -0.39 is 0 Å². The molecule has 0 aromatic carbocycles. The molecule has 0 aromatic rings. The zero-order valence-electron chi connectivity index (χ0n) is 18.2. The molecule has 5 nitrogen and oxygen atoms in total. The van der Waals surface area contributed by atoms with E-state index in [2.05, 4.69) is 13.8 Å². The number of hydrogen-bond acceptors (Lipinski definition) is 5. The third kappa shape index (κ3) is 5.95. The smallest absolute Gasteiger partial charge is 0.380 e. The van der Waals surface area contributed by atoms with Gasteiger partial charge in [0.25, 0.3) is 0 Å². The van der Waals surface area contributed by atoms with Crippen molar-refractivity contribution in [1.82, 2.24) is 5.01 Å². The van der Waals surface area contributed by atoms with E-state index >= 15 is 0 Å². The topological polar surface area (TPSA) is 57.6 Å². The first kappa shape index (κ1) is 24.6. The van der Waals surface area contributed by atoms with E-state index in [1.807, 2.05) is 23.5 Å². The highest BCUT2D eigenvalue weighted by atomic mass is 32.2. The molecule has 166 valence electrons. The highest BCUT2D eigenvalue weighted by molar-refractivity contribution is 7.99. The van der Waals surface area contributed by atoms with Crippen LogP contribution in [0.4, 0.5) is 0 Å². The molecule has 0 bridgehead atoms. The maximum atomic E-state index is 13.0. The molecule has 2 atom stereocenters. The van der Waals surface area contributed by atoms with E-state index in [9.17, 15) is 14.7 Å². The van der Waals surface area contributed by atoms with Crippen LogP contribution >= 0.6 is 23.5 Å². The zero-order valence-corrected chi connectivity index (χ0v) is 19.9. The van der Waals surface area contributed by atoms with E-state index in [1.54, 1.807) is 5.01 Å². The Morgan fingerprint density at radius 2 is 1.66 bits per heavy atom. The number of nitrogens with zero attached hydrogens (tertiary/aromatic N) is 2. The first-order valence-corrected chi connectivity index (χ1v) is 13.6. The standard InChI is InChI=1S/C22H38N2O3S2/c1-3-5-7-9-15-28-16-11-13-23-21(26)19(18-25)22(27)24(23)14-12-20(24)29-17-10-8-6-4-2/h18,20H,3-17H2,1-2H3/p+1. The summed E-state index contributed by atoms with van der Waals surface area (Å²) in [6.45, 7) is 5.70. The van der Waals surface area contributed by atoms with Crippen molar-refractivity contribution in [2.75, 3.05) is 30.3 Å². The van der Waals surface area contributed by atoms with Gasteiger partial charge in [0.15, 0.2) is 10.9 Å². The molecular formula is C22H39N2O3S2+. The number of aliphatic hydroxyl groups excluding tert-OH is 1. The number of hydrogen-bond donors (Lipinski definition) is 1. The minimum atomic E-state index is -0.290. The number of thioether (sulfide) groups is 2. The number of unbranched alkanes of at least 4 members (excludes halogenated alkanes) is 6. The van der Waals surface area contributed by atoms with Gasteiger partial charge in [0, 0.05) is 0 Å². The number of carbonyl (C=O) groups is 2. The lowest BCUT2D eigenvalue weighted by Crippen LogP contribution is -2.71. The number of amides is 2. The van der Waals surface area contributed by atoms with Crippen LogP contribution in [0.25, 0.3) is 0 Å². The van der Waals surface area contributed by atoms with Crippen LogP contribution < -0.4 is 0 Å². The van der Waals surface area contributed by atoms with Gasteiger partial charge in [-0.3, -0.25) is 4.79 Å². The van der Waals surface area contributed by atoms with Crippen LogP contribution in [0.1, 0.15) is 78.1 Å². The first-order valence-electron chi connectivity index (χ1n) is 11.4. The highest BCUT2D eigenvalue weighted by Gasteiger charge is 2.66. The Labute approximate surface area is 185 Å². The summed E-state index contributed by atoms with van der Waals surface area (Å²) >= 11 is 3.77. The molecule has 7 heteroatoms. The molecule has 0 aromatic heterocycles. The van der Waals surface area contributed by atoms with Crippen molar-refractivity contribution in [3.63, 3.8) is 0 Å². The minimum Gasteiger partial charge on any atom is -0.514 e. The quantitative estimate of drug-likeness (QED) is 0.123. The largest absolute Gasteiger partial charge is 0.514 e. The molecule has 0 saturated carbocycles. The minimum absolute atomic E-state index is 0.0338. The molecule has 1 N–H and O–H groups in total. The molecule has 1 spiro atoms. The molecule has 2 aliphatic heterocycles. The van der Waals surface area contributed by atoms with Crippen molar-refractivity contribution in [3.8, 4) is 0 Å². The summed E-state index contributed by atoms with van der Waals surface area (Å²) < 4.78 is 0.116. The molecule has 0 aliphatic carbocycles. The van der Waals surface area contributed by atoms with Gasteiger partial charge >= 0.3 is 11.8 Å². The molecule has 2 saturated heterocycles. The zero-order chi connectivity index (χ0) is 21.1. The Hall–Kier alpha value is -0.660. The van der Waals surface area contributed by atoms with Gasteiger partial charge in [-0.05, 0) is 36.5 Å². The highest BCUT2D eigenvalue weighted by Crippen LogP contribution is 2.45. The Balaban J connectivity index is 1.87. The van der Waals surface area contributed by atoms with Crippen molar-refractivity contribution >= 4 is 35.3 Å². The van der Waals surface area contributed by atoms with Gasteiger partial charge in [0.05, 0.1) is 13.0 Å². The number of rotatable bonds is 15. The van der Waals surface area contributed by atoms with Crippen LogP contribution in [0.5, 0.6) is 0 Å². The predicted octanol–water partition coefficient (Wildman–Crippen LogP) is 5.28. The lowest BCUT2D eigenvalue weighted by Gasteiger charge is -2.49. The molecule has 29 heavy (non-hydrogen) atoms. The fourth-order valence-corrected chi connectivity index (χ4v) is 6.52. The molecule has 2 rings (SSSR count). The fraction of sp³-hybridized carbons (Fsp3) is 0.818. The van der Waals surface area contributed by atoms with Crippen LogP contribution in [0.2, 0.25) is 0 Å². The molecule has 2 aliphatic rings. The summed E-state index contributed by atoms with van der Waals surface area (Å²) in [4.78, 5) is 25.8. The number of aliphatic hydroxyl groups is 1. The van der Waals surface area contributed by atoms with E-state index in [4.69, 9.17) is 0 Å².